The van der Waals surface area contributed by atoms with Crippen molar-refractivity contribution in [3.8, 4) is 6.01 Å². The molecular weight excluding hydrogens is 434 g/mol. The molecule has 1 saturated heterocycles. The van der Waals surface area contributed by atoms with Crippen LogP contribution in [0.15, 0.2) is 15.8 Å². The fourth-order valence-electron chi connectivity index (χ4n) is 3.02. The summed E-state index contributed by atoms with van der Waals surface area (Å²) in [5.41, 5.74) is -1.21. The van der Waals surface area contributed by atoms with Gasteiger partial charge in [0.05, 0.1) is 18.9 Å². The molecule has 2 aromatic heterocycles. The molecule has 3 rings (SSSR count). The fourth-order valence-corrected chi connectivity index (χ4v) is 3.02. The van der Waals surface area contributed by atoms with Crippen LogP contribution in [0.5, 0.6) is 6.01 Å². The first kappa shape index (κ1) is 23.5. The van der Waals surface area contributed by atoms with E-state index in [1.165, 1.54) is 6.20 Å². The summed E-state index contributed by atoms with van der Waals surface area (Å²) < 4.78 is 39.8. The van der Waals surface area contributed by atoms with Crippen LogP contribution in [0.2, 0.25) is 0 Å². The maximum absolute atomic E-state index is 14.2. The van der Waals surface area contributed by atoms with Crippen molar-refractivity contribution in [3.05, 3.63) is 32.9 Å². The first-order valence-electron chi connectivity index (χ1n) is 9.89. The van der Waals surface area contributed by atoms with E-state index in [4.69, 9.17) is 9.47 Å². The number of aromatic nitrogens is 6. The third kappa shape index (κ3) is 7.19. The highest BCUT2D eigenvalue weighted by Crippen LogP contribution is 2.20. The van der Waals surface area contributed by atoms with Crippen molar-refractivity contribution in [2.24, 2.45) is 0 Å². The zero-order valence-electron chi connectivity index (χ0n) is 17.3. The van der Waals surface area contributed by atoms with E-state index in [2.05, 4.69) is 30.5 Å². The van der Waals surface area contributed by atoms with Gasteiger partial charge in [0.2, 0.25) is 0 Å². The van der Waals surface area contributed by atoms with Gasteiger partial charge in [-0.25, -0.2) is 23.1 Å². The molecule has 0 saturated carbocycles. The van der Waals surface area contributed by atoms with Crippen LogP contribution in [0.4, 0.5) is 8.78 Å². The average Bonchev–Trinajstić information content (AvgIpc) is 3.13. The molecule has 1 atom stereocenters. The number of morpholine rings is 1. The Morgan fingerprint density at radius 1 is 1.41 bits per heavy atom. The Labute approximate surface area is 180 Å². The minimum absolute atomic E-state index is 0.210. The summed E-state index contributed by atoms with van der Waals surface area (Å²) in [4.78, 5) is 43.2. The molecule has 0 bridgehead atoms. The molecular formula is C17H24F2N8O5. The number of halogens is 2. The second-order valence-corrected chi connectivity index (χ2v) is 7.35. The van der Waals surface area contributed by atoms with Crippen molar-refractivity contribution in [2.75, 3.05) is 32.9 Å². The molecule has 3 heterocycles. The van der Waals surface area contributed by atoms with Crippen LogP contribution in [0.1, 0.15) is 19.0 Å². The number of H-pyrrole nitrogens is 2. The van der Waals surface area contributed by atoms with Gasteiger partial charge >= 0.3 is 17.4 Å². The highest BCUT2D eigenvalue weighted by atomic mass is 19.3. The smallest absolute Gasteiger partial charge is 0.353 e. The summed E-state index contributed by atoms with van der Waals surface area (Å²) in [6.07, 6.45) is 0.854. The topological polar surface area (TPSA) is 160 Å². The van der Waals surface area contributed by atoms with Crippen molar-refractivity contribution >= 4 is 5.91 Å². The molecule has 0 aromatic carbocycles. The minimum Gasteiger partial charge on any atom is -0.454 e. The van der Waals surface area contributed by atoms with E-state index in [-0.39, 0.29) is 12.6 Å². The predicted molar refractivity (Wildman–Crippen MR) is 104 cm³/mol. The van der Waals surface area contributed by atoms with Gasteiger partial charge < -0.3 is 14.8 Å². The van der Waals surface area contributed by atoms with E-state index in [1.54, 1.807) is 0 Å². The summed E-state index contributed by atoms with van der Waals surface area (Å²) >= 11 is 0. The van der Waals surface area contributed by atoms with Crippen LogP contribution in [-0.4, -0.2) is 85.6 Å². The molecule has 176 valence electrons. The highest BCUT2D eigenvalue weighted by Gasteiger charge is 2.30. The normalized spacial score (nSPS) is 17.3. The van der Waals surface area contributed by atoms with E-state index in [0.29, 0.717) is 25.5 Å². The quantitative estimate of drug-likeness (QED) is 0.385. The number of ether oxygens (including phenoxy) is 2. The molecule has 32 heavy (non-hydrogen) atoms. The van der Waals surface area contributed by atoms with Gasteiger partial charge in [0, 0.05) is 38.3 Å². The molecule has 0 spiro atoms. The number of aromatic amines is 2. The van der Waals surface area contributed by atoms with Crippen LogP contribution in [0.3, 0.4) is 0 Å². The number of alkyl halides is 2. The Morgan fingerprint density at radius 2 is 2.22 bits per heavy atom. The Morgan fingerprint density at radius 3 is 2.97 bits per heavy atom. The van der Waals surface area contributed by atoms with Crippen LogP contribution < -0.4 is 21.4 Å². The van der Waals surface area contributed by atoms with Crippen molar-refractivity contribution in [1.29, 1.82) is 0 Å². The molecule has 1 fully saturated rings. The van der Waals surface area contributed by atoms with Gasteiger partial charge in [-0.05, 0) is 6.92 Å². The molecule has 3 N–H and O–H groups in total. The zero-order valence-corrected chi connectivity index (χ0v) is 17.3. The van der Waals surface area contributed by atoms with Gasteiger partial charge in [-0.15, -0.1) is 10.1 Å². The summed E-state index contributed by atoms with van der Waals surface area (Å²) in [7, 11) is 0. The fraction of sp³-hybridized carbons (Fsp3) is 0.647. The van der Waals surface area contributed by atoms with E-state index >= 15 is 0 Å². The van der Waals surface area contributed by atoms with E-state index < -0.39 is 48.8 Å². The number of carbonyl (C=O) groups is 1. The van der Waals surface area contributed by atoms with Crippen LogP contribution in [0.25, 0.3) is 0 Å². The first-order chi connectivity index (χ1) is 15.2. The lowest BCUT2D eigenvalue weighted by Gasteiger charge is -2.32. The van der Waals surface area contributed by atoms with Crippen molar-refractivity contribution < 1.29 is 23.0 Å². The number of amides is 1. The van der Waals surface area contributed by atoms with Crippen LogP contribution >= 0.6 is 0 Å². The molecule has 0 aliphatic carbocycles. The van der Waals surface area contributed by atoms with Crippen molar-refractivity contribution in [3.63, 3.8) is 0 Å². The third-order valence-electron chi connectivity index (χ3n) is 4.65. The average molecular weight is 458 g/mol. The minimum atomic E-state index is -3.13. The highest BCUT2D eigenvalue weighted by molar-refractivity contribution is 5.77. The van der Waals surface area contributed by atoms with Gasteiger partial charge in [0.25, 0.3) is 11.8 Å². The maximum Gasteiger partial charge on any atom is 0.353 e. The van der Waals surface area contributed by atoms with Crippen molar-refractivity contribution in [1.82, 2.24) is 40.2 Å². The van der Waals surface area contributed by atoms with Gasteiger partial charge in [-0.1, -0.05) is 5.21 Å². The lowest BCUT2D eigenvalue weighted by Crippen LogP contribution is -2.43. The third-order valence-corrected chi connectivity index (χ3v) is 4.65. The lowest BCUT2D eigenvalue weighted by molar-refractivity contribution is -0.123. The number of nitrogens with zero attached hydrogens (tertiary/aromatic N) is 5. The second kappa shape index (κ2) is 10.4. The number of rotatable bonds is 10. The zero-order chi connectivity index (χ0) is 23.1. The number of hydrogen-bond acceptors (Lipinski definition) is 9. The molecule has 13 nitrogen and oxygen atoms in total. The van der Waals surface area contributed by atoms with Crippen LogP contribution in [-0.2, 0) is 22.6 Å². The monoisotopic (exact) mass is 458 g/mol. The molecule has 0 radical (unpaired) electrons. The van der Waals surface area contributed by atoms with E-state index in [1.807, 2.05) is 11.9 Å². The molecule has 2 aromatic rings. The SMILES string of the molecule is C[C@@H]1COCCN1Cc1cn(CC(F)(F)CCNC(=O)COc2nc(=O)[nH]c(=O)[nH]2)nn1. The summed E-state index contributed by atoms with van der Waals surface area (Å²) in [6, 6.07) is -0.241. The van der Waals surface area contributed by atoms with E-state index in [9.17, 15) is 23.2 Å². The Balaban J connectivity index is 1.40. The van der Waals surface area contributed by atoms with Crippen LogP contribution in [0, 0.1) is 0 Å². The largest absolute Gasteiger partial charge is 0.454 e. The van der Waals surface area contributed by atoms with E-state index in [0.717, 1.165) is 11.2 Å². The number of carbonyl (C=O) groups excluding carboxylic acids is 1. The Hall–Kier alpha value is -3.20. The molecule has 1 amide bonds. The number of nitrogens with one attached hydrogen (secondary N) is 3. The van der Waals surface area contributed by atoms with Gasteiger partial charge in [-0.3, -0.25) is 19.7 Å². The second-order valence-electron chi connectivity index (χ2n) is 7.35. The summed E-state index contributed by atoms with van der Waals surface area (Å²) in [5, 5.41) is 10.0. The van der Waals surface area contributed by atoms with Gasteiger partial charge in [-0.2, -0.15) is 0 Å². The Bertz CT molecular complexity index is 994. The maximum atomic E-state index is 14.2. The molecule has 1 aliphatic heterocycles. The molecule has 15 heteroatoms. The Kier molecular flexibility index (Phi) is 7.63. The predicted octanol–water partition coefficient (Wildman–Crippen LogP) is -1.51. The number of hydrogen-bond donors (Lipinski definition) is 3. The van der Waals surface area contributed by atoms with Crippen molar-refractivity contribution in [2.45, 2.75) is 38.4 Å². The first-order valence-corrected chi connectivity index (χ1v) is 9.89. The molecule has 1 aliphatic rings. The summed E-state index contributed by atoms with van der Waals surface area (Å²) in [5.74, 6) is -3.85. The standard InChI is InChI=1S/C17H24F2N8O5/c1-11-8-31-5-4-26(11)6-12-7-27(25-24-12)10-17(18,19)2-3-20-13(28)9-32-16-22-14(29)21-15(30)23-16/h7,11H,2-6,8-10H2,1H3,(H,20,28)(H2,21,22,23,29,30)/t11-/m1/s1. The summed E-state index contributed by atoms with van der Waals surface area (Å²) in [6.45, 7) is 2.88. The lowest BCUT2D eigenvalue weighted by atomic mass is 10.2. The van der Waals surface area contributed by atoms with Gasteiger partial charge in [0.1, 0.15) is 6.54 Å². The molecule has 0 unspecified atom stereocenters. The van der Waals surface area contributed by atoms with Gasteiger partial charge in [0.15, 0.2) is 6.61 Å².